The molecule has 0 saturated carbocycles. The standard InChI is InChI=1S/C23H21F2N5O4/c1-4-17(31)29-8-7-13(11-29)30-10-12(18-21(30)23(32)28-27-22(18)26)5-6-14-19(24)15(33-2)9-16(34-3)20(14)25/h4,9-10,13H,1,7-8,11H2,2-3H3,(H2,26,27)(H,28,32)/t13-/m0/s1. The molecule has 1 aliphatic rings. The first-order valence-electron chi connectivity index (χ1n) is 10.2. The van der Waals surface area contributed by atoms with E-state index in [2.05, 4.69) is 28.6 Å². The molecule has 11 heteroatoms. The Morgan fingerprint density at radius 2 is 1.94 bits per heavy atom. The van der Waals surface area contributed by atoms with Gasteiger partial charge in [-0.3, -0.25) is 4.79 Å². The van der Waals surface area contributed by atoms with Gasteiger partial charge in [-0.25, -0.2) is 8.78 Å². The zero-order valence-corrected chi connectivity index (χ0v) is 18.4. The molecule has 0 aliphatic carbocycles. The summed E-state index contributed by atoms with van der Waals surface area (Å²) in [6.45, 7) is 4.36. The van der Waals surface area contributed by atoms with E-state index < -0.39 is 17.2 Å². The number of nitrogens with zero attached hydrogens (tertiary/aromatic N) is 4. The van der Waals surface area contributed by atoms with Gasteiger partial charge in [0.2, 0.25) is 5.91 Å². The fourth-order valence-corrected chi connectivity index (χ4v) is 4.02. The van der Waals surface area contributed by atoms with Crippen molar-refractivity contribution in [2.24, 2.45) is 0 Å². The normalized spacial score (nSPS) is 15.2. The molecule has 1 aromatic carbocycles. The number of methoxy groups -OCH3 is 2. The van der Waals surface area contributed by atoms with E-state index in [4.69, 9.17) is 15.2 Å². The number of carbonyl (C=O) groups excluding carboxylic acids is 1. The van der Waals surface area contributed by atoms with Gasteiger partial charge in [0.05, 0.1) is 31.2 Å². The highest BCUT2D eigenvalue weighted by atomic mass is 19.1. The lowest BCUT2D eigenvalue weighted by atomic mass is 10.1. The van der Waals surface area contributed by atoms with Crippen LogP contribution in [-0.2, 0) is 4.79 Å². The Bertz CT molecular complexity index is 1350. The third-order valence-corrected chi connectivity index (χ3v) is 5.69. The molecular formula is C23H21F2N5O4. The van der Waals surface area contributed by atoms with Crippen LogP contribution >= 0.6 is 0 Å². The molecule has 1 fully saturated rings. The van der Waals surface area contributed by atoms with Gasteiger partial charge in [0.15, 0.2) is 29.0 Å². The van der Waals surface area contributed by atoms with Gasteiger partial charge < -0.3 is 29.8 Å². The molecule has 2 aromatic heterocycles. The number of anilines is 1. The van der Waals surface area contributed by atoms with Crippen LogP contribution in [0.1, 0.15) is 23.6 Å². The third kappa shape index (κ3) is 3.73. The van der Waals surface area contributed by atoms with Gasteiger partial charge in [0.25, 0.3) is 5.88 Å². The van der Waals surface area contributed by atoms with E-state index in [1.165, 1.54) is 20.3 Å². The monoisotopic (exact) mass is 469 g/mol. The van der Waals surface area contributed by atoms with E-state index in [0.29, 0.717) is 19.5 Å². The molecule has 34 heavy (non-hydrogen) atoms. The first-order chi connectivity index (χ1) is 16.3. The van der Waals surface area contributed by atoms with Crippen molar-refractivity contribution >= 4 is 22.6 Å². The summed E-state index contributed by atoms with van der Waals surface area (Å²) in [5, 5.41) is 18.1. The molecular weight excluding hydrogens is 448 g/mol. The predicted octanol–water partition coefficient (Wildman–Crippen LogP) is 2.37. The zero-order chi connectivity index (χ0) is 24.6. The van der Waals surface area contributed by atoms with Crippen molar-refractivity contribution in [2.45, 2.75) is 12.5 Å². The van der Waals surface area contributed by atoms with Gasteiger partial charge in [-0.15, -0.1) is 10.2 Å². The second kappa shape index (κ2) is 8.90. The van der Waals surface area contributed by atoms with Crippen LogP contribution < -0.4 is 15.2 Å². The number of aromatic hydroxyl groups is 1. The quantitative estimate of drug-likeness (QED) is 0.445. The molecule has 1 aliphatic heterocycles. The highest BCUT2D eigenvalue weighted by Crippen LogP contribution is 2.36. The van der Waals surface area contributed by atoms with Gasteiger partial charge in [-0.05, 0) is 12.5 Å². The van der Waals surface area contributed by atoms with Crippen LogP contribution in [0.25, 0.3) is 10.9 Å². The van der Waals surface area contributed by atoms with Gasteiger partial charge in [0, 0.05) is 25.4 Å². The van der Waals surface area contributed by atoms with Crippen LogP contribution in [0.2, 0.25) is 0 Å². The number of fused-ring (bicyclic) bond motifs is 1. The molecule has 0 radical (unpaired) electrons. The van der Waals surface area contributed by atoms with Crippen LogP contribution in [0, 0.1) is 23.5 Å². The number of nitrogen functional groups attached to an aromatic ring is 1. The Kier molecular flexibility index (Phi) is 5.98. The van der Waals surface area contributed by atoms with Crippen molar-refractivity contribution in [1.82, 2.24) is 19.7 Å². The van der Waals surface area contributed by atoms with Crippen molar-refractivity contribution in [3.8, 4) is 29.2 Å². The molecule has 0 unspecified atom stereocenters. The van der Waals surface area contributed by atoms with E-state index in [9.17, 15) is 18.7 Å². The average molecular weight is 469 g/mol. The lowest BCUT2D eigenvalue weighted by molar-refractivity contribution is -0.125. The summed E-state index contributed by atoms with van der Waals surface area (Å²) in [4.78, 5) is 13.6. The molecule has 1 amide bonds. The minimum atomic E-state index is -0.984. The number of ether oxygens (including phenoxy) is 2. The van der Waals surface area contributed by atoms with Gasteiger partial charge in [-0.2, -0.15) is 0 Å². The lowest BCUT2D eigenvalue weighted by Gasteiger charge is -2.16. The minimum absolute atomic E-state index is 0.0166. The molecule has 0 bridgehead atoms. The lowest BCUT2D eigenvalue weighted by Crippen LogP contribution is -2.27. The van der Waals surface area contributed by atoms with Crippen LogP contribution in [0.5, 0.6) is 17.4 Å². The zero-order valence-electron chi connectivity index (χ0n) is 18.4. The first kappa shape index (κ1) is 22.8. The SMILES string of the molecule is C=CC(=O)N1CC[C@H](n2cc(C#Cc3c(F)c(OC)cc(OC)c3F)c3c(N)nnc(O)c32)C1. The summed E-state index contributed by atoms with van der Waals surface area (Å²) < 4.78 is 41.1. The highest BCUT2D eigenvalue weighted by molar-refractivity contribution is 5.97. The Labute approximate surface area is 193 Å². The summed E-state index contributed by atoms with van der Waals surface area (Å²) >= 11 is 0. The molecule has 3 aromatic rings. The topological polar surface area (TPSA) is 116 Å². The summed E-state index contributed by atoms with van der Waals surface area (Å²) in [5.74, 6) is 2.18. The number of carbonyl (C=O) groups is 1. The number of hydrogen-bond acceptors (Lipinski definition) is 7. The fraction of sp³-hybridized carbons (Fsp3) is 0.261. The summed E-state index contributed by atoms with van der Waals surface area (Å²) in [5.41, 5.74) is 6.01. The van der Waals surface area contributed by atoms with E-state index in [1.807, 2.05) is 0 Å². The van der Waals surface area contributed by atoms with Crippen LogP contribution in [-0.4, -0.2) is 58.0 Å². The molecule has 9 nitrogen and oxygen atoms in total. The fourth-order valence-electron chi connectivity index (χ4n) is 4.02. The minimum Gasteiger partial charge on any atom is -0.493 e. The second-order valence-corrected chi connectivity index (χ2v) is 7.55. The van der Waals surface area contributed by atoms with Gasteiger partial charge in [0.1, 0.15) is 11.1 Å². The second-order valence-electron chi connectivity index (χ2n) is 7.55. The number of aromatic nitrogens is 3. The van der Waals surface area contributed by atoms with Crippen molar-refractivity contribution in [3.63, 3.8) is 0 Å². The van der Waals surface area contributed by atoms with E-state index in [1.54, 1.807) is 15.7 Å². The average Bonchev–Trinajstić information content (AvgIpc) is 3.47. The Morgan fingerprint density at radius 1 is 1.26 bits per heavy atom. The molecule has 3 heterocycles. The number of benzene rings is 1. The molecule has 1 saturated heterocycles. The summed E-state index contributed by atoms with van der Waals surface area (Å²) in [7, 11) is 2.48. The van der Waals surface area contributed by atoms with Crippen LogP contribution in [0.4, 0.5) is 14.6 Å². The van der Waals surface area contributed by atoms with E-state index >= 15 is 0 Å². The Hall–Kier alpha value is -4.33. The number of amides is 1. The maximum absolute atomic E-state index is 14.8. The number of halogens is 2. The van der Waals surface area contributed by atoms with Crippen molar-refractivity contribution in [3.05, 3.63) is 47.7 Å². The molecule has 4 rings (SSSR count). The molecule has 3 N–H and O–H groups in total. The number of nitrogens with two attached hydrogens (primary N) is 1. The number of rotatable bonds is 4. The maximum Gasteiger partial charge on any atom is 0.256 e. The van der Waals surface area contributed by atoms with Gasteiger partial charge >= 0.3 is 0 Å². The van der Waals surface area contributed by atoms with E-state index in [0.717, 1.165) is 6.07 Å². The molecule has 0 spiro atoms. The summed E-state index contributed by atoms with van der Waals surface area (Å²) in [6, 6.07) is 0.867. The number of likely N-dealkylation sites (tertiary alicyclic amines) is 1. The highest BCUT2D eigenvalue weighted by Gasteiger charge is 2.29. The predicted molar refractivity (Wildman–Crippen MR) is 119 cm³/mol. The smallest absolute Gasteiger partial charge is 0.256 e. The van der Waals surface area contributed by atoms with Crippen LogP contribution in [0.3, 0.4) is 0 Å². The maximum atomic E-state index is 14.8. The Balaban J connectivity index is 1.86. The third-order valence-electron chi connectivity index (χ3n) is 5.69. The van der Waals surface area contributed by atoms with Crippen LogP contribution in [0.15, 0.2) is 24.9 Å². The van der Waals surface area contributed by atoms with E-state index in [-0.39, 0.29) is 51.6 Å². The van der Waals surface area contributed by atoms with Gasteiger partial charge in [-0.1, -0.05) is 18.4 Å². The van der Waals surface area contributed by atoms with Crippen molar-refractivity contribution in [1.29, 1.82) is 0 Å². The summed E-state index contributed by atoms with van der Waals surface area (Å²) in [6.07, 6.45) is 3.42. The van der Waals surface area contributed by atoms with Crippen molar-refractivity contribution < 1.29 is 28.2 Å². The first-order valence-corrected chi connectivity index (χ1v) is 10.2. The molecule has 1 atom stereocenters. The van der Waals surface area contributed by atoms with Crippen molar-refractivity contribution in [2.75, 3.05) is 33.0 Å². The largest absolute Gasteiger partial charge is 0.493 e. The number of hydrogen-bond donors (Lipinski definition) is 2. The molecule has 176 valence electrons. The Morgan fingerprint density at radius 3 is 2.56 bits per heavy atom.